The summed E-state index contributed by atoms with van der Waals surface area (Å²) in [4.78, 5) is 0.214. The molecule has 0 amide bonds. The molecule has 19 heavy (non-hydrogen) atoms. The minimum Gasteiger partial charge on any atom is -0.383 e. The SMILES string of the molecule is CCNS(=O)(=O)c1ccccc1NC(CN)COC. The van der Waals surface area contributed by atoms with Crippen molar-refractivity contribution >= 4 is 15.7 Å². The summed E-state index contributed by atoms with van der Waals surface area (Å²) >= 11 is 0. The van der Waals surface area contributed by atoms with Gasteiger partial charge in [0.05, 0.1) is 18.3 Å². The second-order valence-corrected chi connectivity index (χ2v) is 5.77. The molecule has 4 N–H and O–H groups in total. The molecule has 0 saturated heterocycles. The monoisotopic (exact) mass is 287 g/mol. The first-order chi connectivity index (χ1) is 9.05. The molecule has 0 fully saturated rings. The number of hydrogen-bond acceptors (Lipinski definition) is 5. The Kier molecular flexibility index (Phi) is 6.23. The van der Waals surface area contributed by atoms with Crippen LogP contribution in [0.25, 0.3) is 0 Å². The summed E-state index contributed by atoms with van der Waals surface area (Å²) < 4.78 is 31.6. The first-order valence-electron chi connectivity index (χ1n) is 6.09. The van der Waals surface area contributed by atoms with Crippen LogP contribution < -0.4 is 15.8 Å². The van der Waals surface area contributed by atoms with Gasteiger partial charge in [-0.1, -0.05) is 19.1 Å². The lowest BCUT2D eigenvalue weighted by atomic mass is 10.2. The van der Waals surface area contributed by atoms with E-state index in [4.69, 9.17) is 10.5 Å². The highest BCUT2D eigenvalue weighted by Crippen LogP contribution is 2.21. The molecule has 1 unspecified atom stereocenters. The van der Waals surface area contributed by atoms with Gasteiger partial charge in [-0.2, -0.15) is 0 Å². The van der Waals surface area contributed by atoms with Crippen LogP contribution in [0.4, 0.5) is 5.69 Å². The standard InChI is InChI=1S/C12H21N3O3S/c1-3-14-19(16,17)12-7-5-4-6-11(12)15-10(8-13)9-18-2/h4-7,10,14-15H,3,8-9,13H2,1-2H3. The van der Waals surface area contributed by atoms with Crippen LogP contribution in [0.3, 0.4) is 0 Å². The van der Waals surface area contributed by atoms with Crippen LogP contribution in [0, 0.1) is 0 Å². The second kappa shape index (κ2) is 7.44. The van der Waals surface area contributed by atoms with Crippen molar-refractivity contribution in [3.63, 3.8) is 0 Å². The van der Waals surface area contributed by atoms with Crippen LogP contribution in [0.15, 0.2) is 29.2 Å². The second-order valence-electron chi connectivity index (χ2n) is 4.03. The molecule has 1 atom stereocenters. The summed E-state index contributed by atoms with van der Waals surface area (Å²) in [5.74, 6) is 0. The molecule has 0 heterocycles. The lowest BCUT2D eigenvalue weighted by molar-refractivity contribution is 0.187. The molecular weight excluding hydrogens is 266 g/mol. The van der Waals surface area contributed by atoms with E-state index in [-0.39, 0.29) is 10.9 Å². The topological polar surface area (TPSA) is 93.5 Å². The van der Waals surface area contributed by atoms with E-state index in [1.807, 2.05) is 0 Å². The fourth-order valence-electron chi connectivity index (χ4n) is 1.68. The summed E-state index contributed by atoms with van der Waals surface area (Å²) in [5.41, 5.74) is 6.14. The van der Waals surface area contributed by atoms with Crippen molar-refractivity contribution in [3.8, 4) is 0 Å². The Morgan fingerprint density at radius 3 is 2.63 bits per heavy atom. The van der Waals surface area contributed by atoms with E-state index in [9.17, 15) is 8.42 Å². The Morgan fingerprint density at radius 2 is 2.05 bits per heavy atom. The summed E-state index contributed by atoms with van der Waals surface area (Å²) in [7, 11) is -1.93. The highest BCUT2D eigenvalue weighted by Gasteiger charge is 2.18. The van der Waals surface area contributed by atoms with E-state index in [1.165, 1.54) is 0 Å². The predicted octanol–water partition coefficient (Wildman–Crippen LogP) is 0.370. The highest BCUT2D eigenvalue weighted by atomic mass is 32.2. The number of ether oxygens (including phenoxy) is 1. The number of sulfonamides is 1. The summed E-state index contributed by atoms with van der Waals surface area (Å²) in [5, 5.41) is 3.09. The number of rotatable bonds is 8. The number of hydrogen-bond donors (Lipinski definition) is 3. The summed E-state index contributed by atoms with van der Waals surface area (Å²) in [6.07, 6.45) is 0. The van der Waals surface area contributed by atoms with Gasteiger partial charge in [-0.25, -0.2) is 13.1 Å². The van der Waals surface area contributed by atoms with E-state index in [1.54, 1.807) is 38.3 Å². The number of para-hydroxylation sites is 1. The molecule has 1 aromatic rings. The molecule has 0 aliphatic carbocycles. The van der Waals surface area contributed by atoms with E-state index in [0.717, 1.165) is 0 Å². The fourth-order valence-corrected chi connectivity index (χ4v) is 2.89. The van der Waals surface area contributed by atoms with Gasteiger partial charge in [-0.15, -0.1) is 0 Å². The molecule has 108 valence electrons. The van der Waals surface area contributed by atoms with Crippen LogP contribution in [-0.2, 0) is 14.8 Å². The van der Waals surface area contributed by atoms with Crippen LogP contribution in [-0.4, -0.2) is 41.3 Å². The molecule has 0 saturated carbocycles. The number of benzene rings is 1. The van der Waals surface area contributed by atoms with E-state index in [2.05, 4.69) is 10.0 Å². The van der Waals surface area contributed by atoms with Gasteiger partial charge in [0.15, 0.2) is 0 Å². The summed E-state index contributed by atoms with van der Waals surface area (Å²) in [6, 6.07) is 6.59. The van der Waals surface area contributed by atoms with Crippen molar-refractivity contribution in [2.75, 3.05) is 32.1 Å². The van der Waals surface area contributed by atoms with Gasteiger partial charge in [0.25, 0.3) is 0 Å². The number of nitrogens with two attached hydrogens (primary N) is 1. The largest absolute Gasteiger partial charge is 0.383 e. The number of anilines is 1. The van der Waals surface area contributed by atoms with Crippen molar-refractivity contribution in [1.82, 2.24) is 4.72 Å². The Labute approximate surface area is 114 Å². The Hall–Kier alpha value is -1.15. The zero-order valence-corrected chi connectivity index (χ0v) is 12.0. The van der Waals surface area contributed by atoms with Gasteiger partial charge in [-0.3, -0.25) is 0 Å². The van der Waals surface area contributed by atoms with Gasteiger partial charge >= 0.3 is 0 Å². The van der Waals surface area contributed by atoms with Gasteiger partial charge in [0.1, 0.15) is 4.90 Å². The first-order valence-corrected chi connectivity index (χ1v) is 7.57. The lowest BCUT2D eigenvalue weighted by Gasteiger charge is -2.19. The molecule has 1 aromatic carbocycles. The van der Waals surface area contributed by atoms with Crippen LogP contribution >= 0.6 is 0 Å². The molecule has 6 nitrogen and oxygen atoms in total. The number of nitrogens with one attached hydrogen (secondary N) is 2. The lowest BCUT2D eigenvalue weighted by Crippen LogP contribution is -2.34. The Balaban J connectivity index is 3.02. The quantitative estimate of drug-likeness (QED) is 0.642. The van der Waals surface area contributed by atoms with Gasteiger partial charge in [-0.05, 0) is 12.1 Å². The van der Waals surface area contributed by atoms with E-state index >= 15 is 0 Å². The maximum Gasteiger partial charge on any atom is 0.242 e. The molecular formula is C12H21N3O3S. The fraction of sp³-hybridized carbons (Fsp3) is 0.500. The molecule has 0 aliphatic heterocycles. The van der Waals surface area contributed by atoms with Crippen LogP contribution in [0.1, 0.15) is 6.92 Å². The molecule has 0 aromatic heterocycles. The number of methoxy groups -OCH3 is 1. The van der Waals surface area contributed by atoms with Crippen LogP contribution in [0.5, 0.6) is 0 Å². The Bertz CT molecular complexity index is 491. The zero-order chi connectivity index (χ0) is 14.3. The molecule has 0 bridgehead atoms. The highest BCUT2D eigenvalue weighted by molar-refractivity contribution is 7.89. The third-order valence-electron chi connectivity index (χ3n) is 2.52. The maximum atomic E-state index is 12.1. The smallest absolute Gasteiger partial charge is 0.242 e. The molecule has 1 rings (SSSR count). The zero-order valence-electron chi connectivity index (χ0n) is 11.2. The summed E-state index contributed by atoms with van der Waals surface area (Å²) in [6.45, 7) is 2.84. The van der Waals surface area contributed by atoms with Gasteiger partial charge in [0.2, 0.25) is 10.0 Å². The maximum absolute atomic E-state index is 12.1. The van der Waals surface area contributed by atoms with Crippen molar-refractivity contribution in [2.45, 2.75) is 17.9 Å². The van der Waals surface area contributed by atoms with Crippen LogP contribution in [0.2, 0.25) is 0 Å². The third-order valence-corrected chi connectivity index (χ3v) is 4.13. The molecule has 7 heteroatoms. The predicted molar refractivity (Wildman–Crippen MR) is 75.6 cm³/mol. The van der Waals surface area contributed by atoms with Gasteiger partial charge in [0, 0.05) is 20.2 Å². The van der Waals surface area contributed by atoms with Crippen molar-refractivity contribution < 1.29 is 13.2 Å². The molecule has 0 aliphatic rings. The minimum absolute atomic E-state index is 0.136. The minimum atomic E-state index is -3.50. The van der Waals surface area contributed by atoms with E-state index < -0.39 is 10.0 Å². The van der Waals surface area contributed by atoms with Crippen molar-refractivity contribution in [1.29, 1.82) is 0 Å². The molecule has 0 spiro atoms. The average molecular weight is 287 g/mol. The molecule has 0 radical (unpaired) electrons. The van der Waals surface area contributed by atoms with Gasteiger partial charge < -0.3 is 15.8 Å². The third kappa shape index (κ3) is 4.46. The Morgan fingerprint density at radius 1 is 1.37 bits per heavy atom. The normalized spacial score (nSPS) is 13.2. The van der Waals surface area contributed by atoms with Crippen molar-refractivity contribution in [2.24, 2.45) is 5.73 Å². The average Bonchev–Trinajstić information content (AvgIpc) is 2.38. The van der Waals surface area contributed by atoms with Crippen molar-refractivity contribution in [3.05, 3.63) is 24.3 Å². The van der Waals surface area contributed by atoms with E-state index in [0.29, 0.717) is 25.4 Å². The first kappa shape index (κ1) is 15.9.